The van der Waals surface area contributed by atoms with Crippen molar-refractivity contribution >= 4 is 35.8 Å². The van der Waals surface area contributed by atoms with Crippen molar-refractivity contribution in [1.29, 1.82) is 0 Å². The Bertz CT molecular complexity index is 788. The van der Waals surface area contributed by atoms with Crippen LogP contribution in [0.2, 0.25) is 0 Å². The number of aromatic nitrogens is 1. The van der Waals surface area contributed by atoms with Crippen LogP contribution < -0.4 is 10.6 Å². The molecule has 0 bridgehead atoms. The Hall–Kier alpha value is -2.14. The molecule has 158 valence electrons. The predicted octanol–water partition coefficient (Wildman–Crippen LogP) is 1.72. The molecule has 0 aliphatic carbocycles. The molecule has 0 unspecified atom stereocenters. The van der Waals surface area contributed by atoms with Crippen LogP contribution in [0, 0.1) is 6.92 Å². The average Bonchev–Trinajstić information content (AvgIpc) is 3.22. The van der Waals surface area contributed by atoms with Crippen molar-refractivity contribution in [2.75, 3.05) is 46.3 Å². The number of carbonyl (C=O) groups excluding carboxylic acids is 1. The molecule has 1 aromatic heterocycles. The molecule has 1 saturated heterocycles. The van der Waals surface area contributed by atoms with Crippen LogP contribution in [0.25, 0.3) is 0 Å². The summed E-state index contributed by atoms with van der Waals surface area (Å²) in [7, 11) is 1.79. The summed E-state index contributed by atoms with van der Waals surface area (Å²) >= 11 is 0. The fraction of sp³-hybridized carbons (Fsp3) is 0.450. The lowest BCUT2D eigenvalue weighted by Gasteiger charge is -2.36. The molecule has 1 aromatic carbocycles. The molecule has 1 fully saturated rings. The summed E-state index contributed by atoms with van der Waals surface area (Å²) in [4.78, 5) is 21.1. The molecule has 1 aliphatic heterocycles. The van der Waals surface area contributed by atoms with E-state index in [1.165, 1.54) is 0 Å². The van der Waals surface area contributed by atoms with Gasteiger partial charge >= 0.3 is 0 Å². The number of hydrogen-bond acceptors (Lipinski definition) is 5. The predicted molar refractivity (Wildman–Crippen MR) is 124 cm³/mol. The van der Waals surface area contributed by atoms with Gasteiger partial charge in [-0.05, 0) is 19.1 Å². The largest absolute Gasteiger partial charge is 0.364 e. The second-order valence-corrected chi connectivity index (χ2v) is 6.85. The van der Waals surface area contributed by atoms with E-state index in [1.807, 2.05) is 37.3 Å². The number of rotatable bonds is 6. The monoisotopic (exact) mass is 512 g/mol. The lowest BCUT2D eigenvalue weighted by atomic mass is 10.1. The molecule has 0 atom stereocenters. The van der Waals surface area contributed by atoms with E-state index < -0.39 is 0 Å². The smallest absolute Gasteiger partial charge is 0.251 e. The fourth-order valence-corrected chi connectivity index (χ4v) is 3.24. The van der Waals surface area contributed by atoms with Crippen molar-refractivity contribution in [3.63, 3.8) is 0 Å². The van der Waals surface area contributed by atoms with E-state index in [4.69, 9.17) is 4.52 Å². The third-order valence-electron chi connectivity index (χ3n) is 4.73. The Kier molecular flexibility index (Phi) is 9.39. The van der Waals surface area contributed by atoms with Crippen molar-refractivity contribution in [2.45, 2.75) is 13.5 Å². The van der Waals surface area contributed by atoms with Gasteiger partial charge in [-0.2, -0.15) is 0 Å². The molecule has 2 N–H and O–H groups in total. The molecule has 2 heterocycles. The number of hydrogen-bond donors (Lipinski definition) is 2. The van der Waals surface area contributed by atoms with Crippen molar-refractivity contribution in [3.8, 4) is 0 Å². The van der Waals surface area contributed by atoms with Gasteiger partial charge in [-0.25, -0.2) is 0 Å². The third-order valence-corrected chi connectivity index (χ3v) is 4.73. The highest BCUT2D eigenvalue weighted by molar-refractivity contribution is 14.0. The van der Waals surface area contributed by atoms with E-state index in [0.717, 1.165) is 49.9 Å². The minimum absolute atomic E-state index is 0. The van der Waals surface area contributed by atoms with Gasteiger partial charge in [0.25, 0.3) is 5.91 Å². The first-order valence-electron chi connectivity index (χ1n) is 9.58. The molecule has 9 heteroatoms. The Labute approximate surface area is 188 Å². The summed E-state index contributed by atoms with van der Waals surface area (Å²) in [6.07, 6.45) is 1.61. The second-order valence-electron chi connectivity index (χ2n) is 6.85. The number of benzene rings is 1. The van der Waals surface area contributed by atoms with Crippen molar-refractivity contribution in [2.24, 2.45) is 4.99 Å². The standard InChI is InChI=1S/C20H28N6O2.HI/c1-16-4-3-5-17(14-16)19(27)22-7-8-23-20(21-2)26-11-9-25(10-12-26)15-18-6-13-28-24-18;/h3-6,13-14H,7-12,15H2,1-2H3,(H,21,23)(H,22,27);1H. The van der Waals surface area contributed by atoms with Crippen LogP contribution >= 0.6 is 24.0 Å². The number of guanidine groups is 1. The number of aliphatic imine (C=N–C) groups is 1. The van der Waals surface area contributed by atoms with Crippen LogP contribution in [-0.4, -0.2) is 73.1 Å². The number of aryl methyl sites for hydroxylation is 1. The van der Waals surface area contributed by atoms with Gasteiger partial charge in [0.2, 0.25) is 0 Å². The second kappa shape index (κ2) is 11.8. The summed E-state index contributed by atoms with van der Waals surface area (Å²) in [6, 6.07) is 9.49. The van der Waals surface area contributed by atoms with Gasteiger partial charge in [0, 0.05) is 64.5 Å². The van der Waals surface area contributed by atoms with E-state index in [0.29, 0.717) is 18.7 Å². The maximum absolute atomic E-state index is 12.2. The van der Waals surface area contributed by atoms with Crippen LogP contribution in [0.5, 0.6) is 0 Å². The molecule has 8 nitrogen and oxygen atoms in total. The van der Waals surface area contributed by atoms with Crippen molar-refractivity contribution in [3.05, 3.63) is 53.4 Å². The molecule has 1 amide bonds. The highest BCUT2D eigenvalue weighted by atomic mass is 127. The fourth-order valence-electron chi connectivity index (χ4n) is 3.24. The first-order chi connectivity index (χ1) is 13.7. The molecule has 0 spiro atoms. The quantitative estimate of drug-likeness (QED) is 0.266. The number of nitrogens with zero attached hydrogens (tertiary/aromatic N) is 4. The van der Waals surface area contributed by atoms with E-state index in [-0.39, 0.29) is 29.9 Å². The maximum Gasteiger partial charge on any atom is 0.251 e. The molecular formula is C20H29IN6O2. The highest BCUT2D eigenvalue weighted by Gasteiger charge is 2.20. The lowest BCUT2D eigenvalue weighted by Crippen LogP contribution is -2.53. The highest BCUT2D eigenvalue weighted by Crippen LogP contribution is 2.07. The molecular weight excluding hydrogens is 483 g/mol. The van der Waals surface area contributed by atoms with Gasteiger partial charge in [-0.1, -0.05) is 22.9 Å². The summed E-state index contributed by atoms with van der Waals surface area (Å²) < 4.78 is 4.89. The SMILES string of the molecule is CN=C(NCCNC(=O)c1cccc(C)c1)N1CCN(Cc2ccon2)CC1.I. The minimum Gasteiger partial charge on any atom is -0.364 e. The Morgan fingerprint density at radius 3 is 2.59 bits per heavy atom. The molecule has 0 saturated carbocycles. The first kappa shape index (κ1) is 23.1. The normalized spacial score (nSPS) is 15.0. The first-order valence-corrected chi connectivity index (χ1v) is 9.58. The Morgan fingerprint density at radius 1 is 1.17 bits per heavy atom. The zero-order valence-corrected chi connectivity index (χ0v) is 19.3. The topological polar surface area (TPSA) is 86.0 Å². The van der Waals surface area contributed by atoms with Crippen molar-refractivity contribution < 1.29 is 9.32 Å². The molecule has 2 aromatic rings. The summed E-state index contributed by atoms with van der Waals surface area (Å²) in [5, 5.41) is 10.2. The molecule has 0 radical (unpaired) electrons. The van der Waals surface area contributed by atoms with Gasteiger partial charge in [0.1, 0.15) is 6.26 Å². The number of halogens is 1. The lowest BCUT2D eigenvalue weighted by molar-refractivity contribution is 0.0954. The van der Waals surface area contributed by atoms with Crippen molar-refractivity contribution in [1.82, 2.24) is 25.6 Å². The van der Waals surface area contributed by atoms with Gasteiger partial charge in [0.15, 0.2) is 5.96 Å². The Balaban J connectivity index is 0.00000300. The van der Waals surface area contributed by atoms with Gasteiger partial charge < -0.3 is 20.1 Å². The van der Waals surface area contributed by atoms with Crippen LogP contribution in [0.1, 0.15) is 21.6 Å². The van der Waals surface area contributed by atoms with Crippen LogP contribution in [-0.2, 0) is 6.54 Å². The van der Waals surface area contributed by atoms with E-state index in [2.05, 4.69) is 30.6 Å². The maximum atomic E-state index is 12.2. The minimum atomic E-state index is -0.0537. The zero-order chi connectivity index (χ0) is 19.8. The zero-order valence-electron chi connectivity index (χ0n) is 16.9. The van der Waals surface area contributed by atoms with Gasteiger partial charge in [-0.3, -0.25) is 14.7 Å². The van der Waals surface area contributed by atoms with Crippen LogP contribution in [0.4, 0.5) is 0 Å². The van der Waals surface area contributed by atoms with E-state index in [9.17, 15) is 4.79 Å². The van der Waals surface area contributed by atoms with E-state index >= 15 is 0 Å². The summed E-state index contributed by atoms with van der Waals surface area (Å²) in [5.74, 6) is 0.813. The number of piperazine rings is 1. The molecule has 29 heavy (non-hydrogen) atoms. The number of nitrogens with one attached hydrogen (secondary N) is 2. The third kappa shape index (κ3) is 7.00. The average molecular weight is 512 g/mol. The van der Waals surface area contributed by atoms with E-state index in [1.54, 1.807) is 13.3 Å². The van der Waals surface area contributed by atoms with Gasteiger partial charge in [0.05, 0.1) is 5.69 Å². The molecule has 1 aliphatic rings. The summed E-state index contributed by atoms with van der Waals surface area (Å²) in [5.41, 5.74) is 2.72. The van der Waals surface area contributed by atoms with Crippen LogP contribution in [0.3, 0.4) is 0 Å². The number of carbonyl (C=O) groups is 1. The number of amides is 1. The molecule has 3 rings (SSSR count). The Morgan fingerprint density at radius 2 is 1.93 bits per heavy atom. The van der Waals surface area contributed by atoms with Crippen LogP contribution in [0.15, 0.2) is 46.1 Å². The van der Waals surface area contributed by atoms with Gasteiger partial charge in [-0.15, -0.1) is 24.0 Å². The summed E-state index contributed by atoms with van der Waals surface area (Å²) in [6.45, 7) is 7.63.